The second-order valence-electron chi connectivity index (χ2n) is 7.77. The number of hydrogen-bond donors (Lipinski definition) is 3. The Labute approximate surface area is 184 Å². The van der Waals surface area contributed by atoms with Gasteiger partial charge in [0.1, 0.15) is 17.0 Å². The molecule has 1 saturated carbocycles. The van der Waals surface area contributed by atoms with Crippen LogP contribution in [0.3, 0.4) is 0 Å². The summed E-state index contributed by atoms with van der Waals surface area (Å²) in [6.45, 7) is 0. The summed E-state index contributed by atoms with van der Waals surface area (Å²) in [5.41, 5.74) is 6.65. The van der Waals surface area contributed by atoms with Gasteiger partial charge in [-0.3, -0.25) is 9.59 Å². The first-order valence-corrected chi connectivity index (χ1v) is 10.8. The van der Waals surface area contributed by atoms with Gasteiger partial charge in [0.15, 0.2) is 0 Å². The van der Waals surface area contributed by atoms with Gasteiger partial charge in [0.2, 0.25) is 0 Å². The zero-order valence-electron chi connectivity index (χ0n) is 15.3. The molecule has 1 fully saturated rings. The minimum absolute atomic E-state index is 0.148. The van der Waals surface area contributed by atoms with Gasteiger partial charge in [0.05, 0.1) is 5.92 Å². The third-order valence-corrected chi connectivity index (χ3v) is 7.06. The first-order valence-electron chi connectivity index (χ1n) is 9.21. The molecule has 1 heterocycles. The maximum atomic E-state index is 12.2. The Hall–Kier alpha value is -1.90. The van der Waals surface area contributed by atoms with Gasteiger partial charge in [-0.1, -0.05) is 31.9 Å². The molecule has 0 bridgehead atoms. The van der Waals surface area contributed by atoms with Gasteiger partial charge in [-0.15, -0.1) is 0 Å². The Morgan fingerprint density at radius 2 is 1.55 bits per heavy atom. The predicted octanol–water partition coefficient (Wildman–Crippen LogP) is 4.73. The summed E-state index contributed by atoms with van der Waals surface area (Å²) >= 11 is 6.96. The van der Waals surface area contributed by atoms with Gasteiger partial charge in [0.25, 0.3) is 0 Å². The average molecular weight is 525 g/mol. The van der Waals surface area contributed by atoms with E-state index in [9.17, 15) is 19.8 Å². The van der Waals surface area contributed by atoms with Crippen LogP contribution in [0.25, 0.3) is 0 Å². The Morgan fingerprint density at radius 3 is 2.00 bits per heavy atom. The molecule has 0 spiro atoms. The molecule has 29 heavy (non-hydrogen) atoms. The summed E-state index contributed by atoms with van der Waals surface area (Å²) in [4.78, 5) is 23.4. The molecule has 6 nitrogen and oxygen atoms in total. The number of fused-ring (bicyclic) bond motifs is 2. The Kier molecular flexibility index (Phi) is 5.21. The van der Waals surface area contributed by atoms with Crippen molar-refractivity contribution in [1.82, 2.24) is 0 Å². The van der Waals surface area contributed by atoms with E-state index in [1.54, 1.807) is 0 Å². The number of halogens is 2. The maximum absolute atomic E-state index is 12.2. The van der Waals surface area contributed by atoms with Crippen molar-refractivity contribution >= 4 is 43.8 Å². The Balaban J connectivity index is 1.75. The molecule has 2 aliphatic rings. The van der Waals surface area contributed by atoms with Gasteiger partial charge in [-0.2, -0.15) is 0 Å². The van der Waals surface area contributed by atoms with E-state index in [-0.39, 0.29) is 25.2 Å². The lowest BCUT2D eigenvalue weighted by Crippen LogP contribution is -2.59. The number of ether oxygens (including phenoxy) is 1. The van der Waals surface area contributed by atoms with E-state index in [4.69, 9.17) is 10.5 Å². The summed E-state index contributed by atoms with van der Waals surface area (Å²) in [6, 6.07) is 11.3. The molecule has 2 aromatic rings. The Bertz CT molecular complexity index is 953. The first kappa shape index (κ1) is 20.4. The minimum Gasteiger partial charge on any atom is -0.481 e. The van der Waals surface area contributed by atoms with Crippen LogP contribution in [0.15, 0.2) is 45.3 Å². The van der Waals surface area contributed by atoms with Crippen LogP contribution in [0.4, 0.5) is 0 Å². The molecule has 152 valence electrons. The van der Waals surface area contributed by atoms with E-state index in [1.807, 2.05) is 36.4 Å². The smallest absolute Gasteiger partial charge is 0.323 e. The zero-order valence-corrected chi connectivity index (χ0v) is 18.4. The van der Waals surface area contributed by atoms with E-state index in [0.29, 0.717) is 11.5 Å². The van der Waals surface area contributed by atoms with Crippen molar-refractivity contribution in [3.8, 4) is 11.5 Å². The van der Waals surface area contributed by atoms with Gasteiger partial charge in [-0.25, -0.2) is 0 Å². The van der Waals surface area contributed by atoms with Gasteiger partial charge in [0, 0.05) is 26.0 Å². The molecule has 1 unspecified atom stereocenters. The third kappa shape index (κ3) is 3.58. The molecule has 2 aromatic carbocycles. The number of carbonyl (C=O) groups is 2. The molecule has 0 amide bonds. The summed E-state index contributed by atoms with van der Waals surface area (Å²) in [6.07, 6.45) is 0.700. The van der Waals surface area contributed by atoms with E-state index in [1.165, 1.54) is 0 Å². The normalized spacial score (nSPS) is 22.4. The molecule has 8 heteroatoms. The number of carboxylic acids is 2. The van der Waals surface area contributed by atoms with E-state index >= 15 is 0 Å². The van der Waals surface area contributed by atoms with E-state index in [2.05, 4.69) is 31.9 Å². The fraction of sp³-hybridized carbons (Fsp3) is 0.333. The van der Waals surface area contributed by atoms with Crippen LogP contribution in [0.1, 0.15) is 36.3 Å². The standard InChI is InChI=1S/C21H19Br2NO5/c22-12-1-3-17-14(7-12)16(15-8-13(23)2-4-18(15)29-17)9-21(24,20(27)28)11-5-10(6-11)19(25)26/h1-4,7-8,10-11,16H,5-6,9,24H2,(H,25,26)(H,27,28)/t10-,11+,21?. The lowest BCUT2D eigenvalue weighted by Gasteiger charge is -2.45. The highest BCUT2D eigenvalue weighted by atomic mass is 79.9. The Morgan fingerprint density at radius 1 is 1.03 bits per heavy atom. The number of nitrogens with two attached hydrogens (primary N) is 1. The van der Waals surface area contributed by atoms with Crippen LogP contribution in [-0.4, -0.2) is 27.7 Å². The lowest BCUT2D eigenvalue weighted by molar-refractivity contribution is -0.156. The van der Waals surface area contributed by atoms with Gasteiger partial charge in [-0.05, 0) is 61.6 Å². The molecule has 4 rings (SSSR count). The molecule has 0 radical (unpaired) electrons. The van der Waals surface area contributed by atoms with Crippen LogP contribution in [-0.2, 0) is 9.59 Å². The largest absolute Gasteiger partial charge is 0.481 e. The van der Waals surface area contributed by atoms with E-state index in [0.717, 1.165) is 20.1 Å². The van der Waals surface area contributed by atoms with E-state index < -0.39 is 29.3 Å². The molecule has 1 atom stereocenters. The zero-order chi connectivity index (χ0) is 20.9. The molecule has 0 aromatic heterocycles. The second kappa shape index (κ2) is 7.41. The molecular formula is C21H19Br2NO5. The average Bonchev–Trinajstić information content (AvgIpc) is 2.60. The third-order valence-electron chi connectivity index (χ3n) is 6.07. The lowest BCUT2D eigenvalue weighted by atomic mass is 9.61. The number of hydrogen-bond acceptors (Lipinski definition) is 4. The highest BCUT2D eigenvalue weighted by Gasteiger charge is 2.52. The van der Waals surface area contributed by atoms with Gasteiger partial charge >= 0.3 is 11.9 Å². The van der Waals surface area contributed by atoms with Crippen molar-refractivity contribution in [3.63, 3.8) is 0 Å². The van der Waals surface area contributed by atoms with Crippen LogP contribution in [0.5, 0.6) is 11.5 Å². The number of rotatable bonds is 5. The number of benzene rings is 2. The van der Waals surface area contributed by atoms with Crippen molar-refractivity contribution in [2.45, 2.75) is 30.7 Å². The van der Waals surface area contributed by atoms with Crippen molar-refractivity contribution in [3.05, 3.63) is 56.5 Å². The highest BCUT2D eigenvalue weighted by molar-refractivity contribution is 9.10. The predicted molar refractivity (Wildman–Crippen MR) is 113 cm³/mol. The molecule has 4 N–H and O–H groups in total. The molecular weight excluding hydrogens is 506 g/mol. The molecule has 1 aliphatic carbocycles. The quantitative estimate of drug-likeness (QED) is 0.521. The molecule has 1 aliphatic heterocycles. The summed E-state index contributed by atoms with van der Waals surface area (Å²) in [5.74, 6) is -1.89. The fourth-order valence-corrected chi connectivity index (χ4v) is 5.04. The summed E-state index contributed by atoms with van der Waals surface area (Å²) in [5, 5.41) is 19.2. The minimum atomic E-state index is -1.53. The van der Waals surface area contributed by atoms with Crippen LogP contribution in [0, 0.1) is 11.8 Å². The second-order valence-corrected chi connectivity index (χ2v) is 9.60. The fourth-order valence-electron chi connectivity index (χ4n) is 4.28. The van der Waals surface area contributed by atoms with Crippen LogP contribution in [0.2, 0.25) is 0 Å². The molecule has 0 saturated heterocycles. The van der Waals surface area contributed by atoms with Crippen LogP contribution < -0.4 is 10.5 Å². The topological polar surface area (TPSA) is 110 Å². The van der Waals surface area contributed by atoms with Gasteiger partial charge < -0.3 is 20.7 Å². The number of aliphatic carboxylic acids is 2. The highest BCUT2D eigenvalue weighted by Crippen LogP contribution is 2.51. The van der Waals surface area contributed by atoms with Crippen molar-refractivity contribution in [2.75, 3.05) is 0 Å². The van der Waals surface area contributed by atoms with Crippen molar-refractivity contribution in [2.24, 2.45) is 17.6 Å². The maximum Gasteiger partial charge on any atom is 0.323 e. The monoisotopic (exact) mass is 523 g/mol. The van der Waals surface area contributed by atoms with Crippen molar-refractivity contribution < 1.29 is 24.5 Å². The first-order chi connectivity index (χ1) is 13.7. The number of carboxylic acid groups (broad SMARTS) is 2. The summed E-state index contributed by atoms with van der Waals surface area (Å²) < 4.78 is 7.75. The van der Waals surface area contributed by atoms with Crippen molar-refractivity contribution in [1.29, 1.82) is 0 Å². The summed E-state index contributed by atoms with van der Waals surface area (Å²) in [7, 11) is 0. The van der Waals surface area contributed by atoms with Crippen LogP contribution >= 0.6 is 31.9 Å². The SMILES string of the molecule is NC(CC1c2cc(Br)ccc2Oc2ccc(Br)cc21)(C(=O)O)[C@H]1C[C@@H](C(=O)O)C1.